The summed E-state index contributed by atoms with van der Waals surface area (Å²) < 4.78 is 5.54. The van der Waals surface area contributed by atoms with Crippen LogP contribution in [0.3, 0.4) is 0 Å². The molecule has 4 heteroatoms. The van der Waals surface area contributed by atoms with E-state index in [4.69, 9.17) is 10.5 Å². The number of aryl methyl sites for hydroxylation is 1. The molecule has 0 atom stereocenters. The Morgan fingerprint density at radius 1 is 1.29 bits per heavy atom. The van der Waals surface area contributed by atoms with Gasteiger partial charge in [-0.15, -0.1) is 0 Å². The number of nitrogen functional groups attached to an aromatic ring is 1. The van der Waals surface area contributed by atoms with Crippen LogP contribution >= 0.6 is 0 Å². The van der Waals surface area contributed by atoms with Crippen LogP contribution in [0.5, 0.6) is 5.88 Å². The number of anilines is 1. The molecule has 2 aromatic heterocycles. The third kappa shape index (κ3) is 3.17. The molecule has 2 heterocycles. The molecule has 0 bridgehead atoms. The second kappa shape index (κ2) is 5.30. The number of ether oxygens (including phenoxy) is 1. The van der Waals surface area contributed by atoms with Gasteiger partial charge in [0.25, 0.3) is 0 Å². The standard InChI is InChI=1S/C13H15N3O/c1-10-8-13(16-9-12(10)14)17-7-5-11-4-2-3-6-15-11/h2-4,6,8-9H,5,7,14H2,1H3. The van der Waals surface area contributed by atoms with Gasteiger partial charge in [-0.2, -0.15) is 0 Å². The summed E-state index contributed by atoms with van der Waals surface area (Å²) in [5, 5.41) is 0. The molecular formula is C13H15N3O. The molecule has 0 saturated heterocycles. The molecule has 88 valence electrons. The van der Waals surface area contributed by atoms with E-state index in [1.54, 1.807) is 12.4 Å². The molecule has 0 aliphatic heterocycles. The van der Waals surface area contributed by atoms with E-state index >= 15 is 0 Å². The van der Waals surface area contributed by atoms with Crippen LogP contribution < -0.4 is 10.5 Å². The molecule has 4 nitrogen and oxygen atoms in total. The van der Waals surface area contributed by atoms with Crippen molar-refractivity contribution in [2.24, 2.45) is 0 Å². The predicted octanol–water partition coefficient (Wildman–Crippen LogP) is 1.99. The average molecular weight is 229 g/mol. The van der Waals surface area contributed by atoms with E-state index in [2.05, 4.69) is 9.97 Å². The van der Waals surface area contributed by atoms with Gasteiger partial charge in [0.1, 0.15) is 0 Å². The number of hydrogen-bond acceptors (Lipinski definition) is 4. The van der Waals surface area contributed by atoms with Gasteiger partial charge >= 0.3 is 0 Å². The molecule has 17 heavy (non-hydrogen) atoms. The molecule has 2 aromatic rings. The van der Waals surface area contributed by atoms with E-state index in [0.717, 1.165) is 17.7 Å². The van der Waals surface area contributed by atoms with Crippen molar-refractivity contribution >= 4 is 5.69 Å². The molecular weight excluding hydrogens is 214 g/mol. The molecule has 2 rings (SSSR count). The lowest BCUT2D eigenvalue weighted by Crippen LogP contribution is -2.04. The highest BCUT2D eigenvalue weighted by Crippen LogP contribution is 2.14. The summed E-state index contributed by atoms with van der Waals surface area (Å²) in [7, 11) is 0. The minimum atomic E-state index is 0.563. The first-order valence-corrected chi connectivity index (χ1v) is 5.50. The van der Waals surface area contributed by atoms with E-state index in [0.29, 0.717) is 18.2 Å². The Labute approximate surface area is 100 Å². The Bertz CT molecular complexity index is 485. The molecule has 2 N–H and O–H groups in total. The number of rotatable bonds is 4. The zero-order valence-electron chi connectivity index (χ0n) is 9.76. The van der Waals surface area contributed by atoms with E-state index in [1.807, 2.05) is 31.2 Å². The molecule has 0 amide bonds. The SMILES string of the molecule is Cc1cc(OCCc2ccccn2)ncc1N. The molecule has 0 radical (unpaired) electrons. The Morgan fingerprint density at radius 2 is 2.18 bits per heavy atom. The van der Waals surface area contributed by atoms with Crippen LogP contribution in [0.4, 0.5) is 5.69 Å². The van der Waals surface area contributed by atoms with E-state index in [1.165, 1.54) is 0 Å². The van der Waals surface area contributed by atoms with Gasteiger partial charge in [0.05, 0.1) is 18.5 Å². The first kappa shape index (κ1) is 11.4. The first-order valence-electron chi connectivity index (χ1n) is 5.50. The van der Waals surface area contributed by atoms with Crippen molar-refractivity contribution < 1.29 is 4.74 Å². The lowest BCUT2D eigenvalue weighted by Gasteiger charge is -2.06. The number of hydrogen-bond donors (Lipinski definition) is 1. The topological polar surface area (TPSA) is 61.0 Å². The Hall–Kier alpha value is -2.10. The lowest BCUT2D eigenvalue weighted by atomic mass is 10.2. The van der Waals surface area contributed by atoms with Crippen LogP contribution in [0.1, 0.15) is 11.3 Å². The van der Waals surface area contributed by atoms with Crippen molar-refractivity contribution in [3.63, 3.8) is 0 Å². The van der Waals surface area contributed by atoms with Crippen molar-refractivity contribution in [2.75, 3.05) is 12.3 Å². The van der Waals surface area contributed by atoms with Crippen LogP contribution in [0.15, 0.2) is 36.7 Å². The monoisotopic (exact) mass is 229 g/mol. The molecule has 0 fully saturated rings. The Balaban J connectivity index is 1.88. The summed E-state index contributed by atoms with van der Waals surface area (Å²) in [4.78, 5) is 8.32. The molecule has 0 aliphatic carbocycles. The van der Waals surface area contributed by atoms with Crippen LogP contribution in [0, 0.1) is 6.92 Å². The Morgan fingerprint density at radius 3 is 2.88 bits per heavy atom. The van der Waals surface area contributed by atoms with Crippen molar-refractivity contribution in [3.05, 3.63) is 47.9 Å². The summed E-state index contributed by atoms with van der Waals surface area (Å²) in [5.41, 5.74) is 8.36. The van der Waals surface area contributed by atoms with Crippen molar-refractivity contribution in [1.29, 1.82) is 0 Å². The average Bonchev–Trinajstić information content (AvgIpc) is 2.35. The summed E-state index contributed by atoms with van der Waals surface area (Å²) in [6.45, 7) is 2.50. The van der Waals surface area contributed by atoms with Gasteiger partial charge in [0, 0.05) is 24.4 Å². The van der Waals surface area contributed by atoms with Gasteiger partial charge < -0.3 is 10.5 Å². The second-order valence-corrected chi connectivity index (χ2v) is 3.80. The van der Waals surface area contributed by atoms with Crippen molar-refractivity contribution in [2.45, 2.75) is 13.3 Å². The minimum absolute atomic E-state index is 0.563. The van der Waals surface area contributed by atoms with E-state index < -0.39 is 0 Å². The number of pyridine rings is 2. The van der Waals surface area contributed by atoms with E-state index in [9.17, 15) is 0 Å². The van der Waals surface area contributed by atoms with Gasteiger partial charge in [0.15, 0.2) is 0 Å². The molecule has 0 saturated carbocycles. The second-order valence-electron chi connectivity index (χ2n) is 3.80. The third-order valence-electron chi connectivity index (χ3n) is 2.46. The number of nitrogens with two attached hydrogens (primary N) is 1. The maximum atomic E-state index is 5.68. The van der Waals surface area contributed by atoms with Crippen LogP contribution in [0.2, 0.25) is 0 Å². The largest absolute Gasteiger partial charge is 0.477 e. The summed E-state index contributed by atoms with van der Waals surface area (Å²) in [6.07, 6.45) is 4.17. The number of nitrogens with zero attached hydrogens (tertiary/aromatic N) is 2. The zero-order valence-corrected chi connectivity index (χ0v) is 9.76. The summed E-state index contributed by atoms with van der Waals surface area (Å²) >= 11 is 0. The smallest absolute Gasteiger partial charge is 0.213 e. The third-order valence-corrected chi connectivity index (χ3v) is 2.46. The van der Waals surface area contributed by atoms with E-state index in [-0.39, 0.29) is 0 Å². The molecule has 0 aliphatic rings. The van der Waals surface area contributed by atoms with Gasteiger partial charge in [0.2, 0.25) is 5.88 Å². The van der Waals surface area contributed by atoms with Gasteiger partial charge in [-0.25, -0.2) is 4.98 Å². The quantitative estimate of drug-likeness (QED) is 0.871. The fourth-order valence-corrected chi connectivity index (χ4v) is 1.43. The van der Waals surface area contributed by atoms with Gasteiger partial charge in [-0.05, 0) is 24.6 Å². The Kier molecular flexibility index (Phi) is 3.55. The fraction of sp³-hybridized carbons (Fsp3) is 0.231. The first-order chi connectivity index (χ1) is 8.25. The van der Waals surface area contributed by atoms with Gasteiger partial charge in [-0.3, -0.25) is 4.98 Å². The molecule has 0 unspecified atom stereocenters. The van der Waals surface area contributed by atoms with Crippen molar-refractivity contribution in [3.8, 4) is 5.88 Å². The summed E-state index contributed by atoms with van der Waals surface area (Å²) in [5.74, 6) is 0.604. The highest BCUT2D eigenvalue weighted by Gasteiger charge is 2.00. The van der Waals surface area contributed by atoms with Gasteiger partial charge in [-0.1, -0.05) is 6.07 Å². The normalized spacial score (nSPS) is 10.2. The summed E-state index contributed by atoms with van der Waals surface area (Å²) in [6, 6.07) is 7.68. The van der Waals surface area contributed by atoms with Crippen LogP contribution in [0.25, 0.3) is 0 Å². The lowest BCUT2D eigenvalue weighted by molar-refractivity contribution is 0.308. The maximum absolute atomic E-state index is 5.68. The van der Waals surface area contributed by atoms with Crippen LogP contribution in [-0.2, 0) is 6.42 Å². The zero-order chi connectivity index (χ0) is 12.1. The highest BCUT2D eigenvalue weighted by molar-refractivity contribution is 5.45. The minimum Gasteiger partial charge on any atom is -0.477 e. The number of aromatic nitrogens is 2. The molecule has 0 spiro atoms. The maximum Gasteiger partial charge on any atom is 0.213 e. The highest BCUT2D eigenvalue weighted by atomic mass is 16.5. The van der Waals surface area contributed by atoms with Crippen molar-refractivity contribution in [1.82, 2.24) is 9.97 Å². The fourth-order valence-electron chi connectivity index (χ4n) is 1.43. The molecule has 0 aromatic carbocycles. The predicted molar refractivity (Wildman–Crippen MR) is 66.8 cm³/mol. The van der Waals surface area contributed by atoms with Crippen LogP contribution in [-0.4, -0.2) is 16.6 Å².